The molecular formula is C9H17ClN2. The molecule has 0 saturated carbocycles. The fraction of sp³-hybridized carbons (Fsp3) is 0.778. The molecule has 70 valence electrons. The number of piperidine rings is 1. The van der Waals surface area contributed by atoms with E-state index in [2.05, 4.69) is 11.8 Å². The van der Waals surface area contributed by atoms with Gasteiger partial charge in [0.05, 0.1) is 0 Å². The third kappa shape index (κ3) is 2.77. The van der Waals surface area contributed by atoms with E-state index in [1.807, 2.05) is 6.08 Å². The molecule has 0 aromatic heterocycles. The molecule has 2 unspecified atom stereocenters. The molecule has 0 aromatic carbocycles. The molecule has 1 aliphatic rings. The number of nitrogens with zero attached hydrogens (tertiary/aromatic N) is 1. The Hall–Kier alpha value is -0.0500. The van der Waals surface area contributed by atoms with E-state index in [1.54, 1.807) is 5.54 Å². The molecule has 1 aliphatic heterocycles. The Bertz CT molecular complexity index is 159. The summed E-state index contributed by atoms with van der Waals surface area (Å²) in [5.41, 5.74) is 7.51. The first-order valence-corrected chi connectivity index (χ1v) is 4.91. The van der Waals surface area contributed by atoms with Gasteiger partial charge in [0.1, 0.15) is 0 Å². The summed E-state index contributed by atoms with van der Waals surface area (Å²) in [5, 5.41) is 0. The Balaban J connectivity index is 2.30. The minimum atomic E-state index is 0.336. The third-order valence-electron chi connectivity index (χ3n) is 2.55. The highest BCUT2D eigenvalue weighted by Crippen LogP contribution is 2.14. The lowest BCUT2D eigenvalue weighted by Crippen LogP contribution is -2.47. The van der Waals surface area contributed by atoms with Crippen molar-refractivity contribution in [2.45, 2.75) is 19.4 Å². The Kier molecular flexibility index (Phi) is 4.06. The number of rotatable bonds is 2. The molecule has 1 saturated heterocycles. The van der Waals surface area contributed by atoms with Crippen LogP contribution in [0, 0.1) is 5.92 Å². The second kappa shape index (κ2) is 4.85. The summed E-state index contributed by atoms with van der Waals surface area (Å²) in [6.45, 7) is 5.31. The van der Waals surface area contributed by atoms with Gasteiger partial charge in [-0.15, -0.1) is 0 Å². The minimum absolute atomic E-state index is 0.336. The molecular weight excluding hydrogens is 172 g/mol. The van der Waals surface area contributed by atoms with Gasteiger partial charge in [-0.3, -0.25) is 4.90 Å². The molecule has 0 radical (unpaired) electrons. The molecule has 3 heteroatoms. The molecule has 12 heavy (non-hydrogen) atoms. The summed E-state index contributed by atoms with van der Waals surface area (Å²) in [6, 6.07) is 0.336. The lowest BCUT2D eigenvalue weighted by Gasteiger charge is -2.34. The van der Waals surface area contributed by atoms with Gasteiger partial charge in [-0.05, 0) is 18.9 Å². The lowest BCUT2D eigenvalue weighted by molar-refractivity contribution is 0.184. The van der Waals surface area contributed by atoms with Crippen LogP contribution in [0.1, 0.15) is 13.3 Å². The molecule has 2 nitrogen and oxygen atoms in total. The maximum absolute atomic E-state index is 5.94. The topological polar surface area (TPSA) is 29.3 Å². The summed E-state index contributed by atoms with van der Waals surface area (Å²) in [6.07, 6.45) is 3.17. The zero-order valence-electron chi connectivity index (χ0n) is 7.54. The Morgan fingerprint density at radius 1 is 1.67 bits per heavy atom. The smallest absolute Gasteiger partial charge is 0.0194 e. The van der Waals surface area contributed by atoms with Crippen LogP contribution in [0.5, 0.6) is 0 Å². The van der Waals surface area contributed by atoms with Gasteiger partial charge in [0, 0.05) is 24.7 Å². The molecule has 0 aliphatic carbocycles. The van der Waals surface area contributed by atoms with Crippen LogP contribution in [0.25, 0.3) is 0 Å². The maximum atomic E-state index is 5.94. The highest BCUT2D eigenvalue weighted by Gasteiger charge is 2.21. The average Bonchev–Trinajstić information content (AvgIpc) is 2.07. The SMILES string of the molecule is CC1CCN(CC=CCl)CC1N. The summed E-state index contributed by atoms with van der Waals surface area (Å²) in [5.74, 6) is 0.668. The fourth-order valence-corrected chi connectivity index (χ4v) is 1.60. The number of hydrogen-bond acceptors (Lipinski definition) is 2. The molecule has 2 atom stereocenters. The minimum Gasteiger partial charge on any atom is -0.326 e. The van der Waals surface area contributed by atoms with E-state index in [4.69, 9.17) is 17.3 Å². The summed E-state index contributed by atoms with van der Waals surface area (Å²) in [4.78, 5) is 2.34. The van der Waals surface area contributed by atoms with Gasteiger partial charge >= 0.3 is 0 Å². The first-order valence-electron chi connectivity index (χ1n) is 4.47. The van der Waals surface area contributed by atoms with Crippen LogP contribution in [0.15, 0.2) is 11.6 Å². The van der Waals surface area contributed by atoms with E-state index in [0.717, 1.165) is 19.6 Å². The van der Waals surface area contributed by atoms with E-state index < -0.39 is 0 Å². The van der Waals surface area contributed by atoms with Crippen LogP contribution >= 0.6 is 11.6 Å². The predicted octanol–water partition coefficient (Wildman–Crippen LogP) is 1.41. The van der Waals surface area contributed by atoms with Crippen molar-refractivity contribution in [3.8, 4) is 0 Å². The van der Waals surface area contributed by atoms with Crippen molar-refractivity contribution < 1.29 is 0 Å². The number of likely N-dealkylation sites (tertiary alicyclic amines) is 1. The van der Waals surface area contributed by atoms with E-state index in [1.165, 1.54) is 6.42 Å². The highest BCUT2D eigenvalue weighted by atomic mass is 35.5. The van der Waals surface area contributed by atoms with Crippen LogP contribution in [-0.2, 0) is 0 Å². The zero-order valence-corrected chi connectivity index (χ0v) is 8.30. The van der Waals surface area contributed by atoms with Crippen molar-refractivity contribution in [1.29, 1.82) is 0 Å². The van der Waals surface area contributed by atoms with Gasteiger partial charge in [-0.1, -0.05) is 24.6 Å². The van der Waals surface area contributed by atoms with Gasteiger partial charge in [-0.2, -0.15) is 0 Å². The van der Waals surface area contributed by atoms with Crippen LogP contribution in [0.4, 0.5) is 0 Å². The van der Waals surface area contributed by atoms with Crippen molar-refractivity contribution in [3.05, 3.63) is 11.6 Å². The first kappa shape index (κ1) is 10.0. The van der Waals surface area contributed by atoms with Crippen molar-refractivity contribution in [1.82, 2.24) is 4.90 Å². The summed E-state index contributed by atoms with van der Waals surface area (Å²) >= 11 is 5.45. The Morgan fingerprint density at radius 3 is 3.00 bits per heavy atom. The van der Waals surface area contributed by atoms with E-state index in [0.29, 0.717) is 12.0 Å². The fourth-order valence-electron chi connectivity index (χ4n) is 1.52. The normalized spacial score (nSPS) is 32.9. The number of nitrogens with two attached hydrogens (primary N) is 1. The van der Waals surface area contributed by atoms with E-state index in [-0.39, 0.29) is 0 Å². The average molecular weight is 189 g/mol. The van der Waals surface area contributed by atoms with Crippen LogP contribution in [0.2, 0.25) is 0 Å². The van der Waals surface area contributed by atoms with Crippen LogP contribution in [0.3, 0.4) is 0 Å². The second-order valence-corrected chi connectivity index (χ2v) is 3.80. The van der Waals surface area contributed by atoms with Gasteiger partial charge < -0.3 is 5.73 Å². The quantitative estimate of drug-likeness (QED) is 0.710. The summed E-state index contributed by atoms with van der Waals surface area (Å²) < 4.78 is 0. The van der Waals surface area contributed by atoms with E-state index in [9.17, 15) is 0 Å². The first-order chi connectivity index (χ1) is 5.74. The predicted molar refractivity (Wildman–Crippen MR) is 53.2 cm³/mol. The van der Waals surface area contributed by atoms with Crippen molar-refractivity contribution in [3.63, 3.8) is 0 Å². The Morgan fingerprint density at radius 2 is 2.42 bits per heavy atom. The van der Waals surface area contributed by atoms with Crippen LogP contribution < -0.4 is 5.73 Å². The third-order valence-corrected chi connectivity index (χ3v) is 2.73. The highest BCUT2D eigenvalue weighted by molar-refractivity contribution is 6.25. The zero-order chi connectivity index (χ0) is 8.97. The van der Waals surface area contributed by atoms with Gasteiger partial charge in [0.25, 0.3) is 0 Å². The largest absolute Gasteiger partial charge is 0.326 e. The number of halogens is 1. The van der Waals surface area contributed by atoms with Gasteiger partial charge in [-0.25, -0.2) is 0 Å². The molecule has 2 N–H and O–H groups in total. The van der Waals surface area contributed by atoms with Gasteiger partial charge in [0.2, 0.25) is 0 Å². The monoisotopic (exact) mass is 188 g/mol. The maximum Gasteiger partial charge on any atom is 0.0194 e. The summed E-state index contributed by atoms with van der Waals surface area (Å²) in [7, 11) is 0. The van der Waals surface area contributed by atoms with Crippen LogP contribution in [-0.4, -0.2) is 30.6 Å². The molecule has 0 aromatic rings. The second-order valence-electron chi connectivity index (χ2n) is 3.55. The molecule has 0 spiro atoms. The Labute approximate surface area is 79.4 Å². The van der Waals surface area contributed by atoms with Crippen molar-refractivity contribution >= 4 is 11.6 Å². The molecule has 1 heterocycles. The molecule has 0 bridgehead atoms. The van der Waals surface area contributed by atoms with Crippen molar-refractivity contribution in [2.75, 3.05) is 19.6 Å². The van der Waals surface area contributed by atoms with Crippen molar-refractivity contribution in [2.24, 2.45) is 11.7 Å². The number of hydrogen-bond donors (Lipinski definition) is 1. The van der Waals surface area contributed by atoms with E-state index >= 15 is 0 Å². The lowest BCUT2D eigenvalue weighted by atomic mass is 9.94. The standard InChI is InChI=1S/C9H17ClN2/c1-8-3-6-12(5-2-4-10)7-9(8)11/h2,4,8-9H,3,5-7,11H2,1H3. The molecule has 0 amide bonds. The molecule has 1 fully saturated rings. The van der Waals surface area contributed by atoms with Gasteiger partial charge in [0.15, 0.2) is 0 Å². The molecule has 1 rings (SSSR count).